The van der Waals surface area contributed by atoms with Crippen molar-refractivity contribution in [3.8, 4) is 0 Å². The fourth-order valence-electron chi connectivity index (χ4n) is 3.31. The fourth-order valence-corrected chi connectivity index (χ4v) is 3.70. The van der Waals surface area contributed by atoms with Crippen molar-refractivity contribution in [1.29, 1.82) is 0 Å². The minimum Gasteiger partial charge on any atom is -0.387 e. The number of fused-ring (bicyclic) bond motifs is 3. The average molecular weight is 389 g/mol. The summed E-state index contributed by atoms with van der Waals surface area (Å²) in [6, 6.07) is 0. The number of H-pyrrole nitrogens is 1. The predicted octanol–water partition coefficient (Wildman–Crippen LogP) is -1.77. The van der Waals surface area contributed by atoms with Gasteiger partial charge in [0, 0.05) is 6.42 Å². The lowest BCUT2D eigenvalue weighted by molar-refractivity contribution is -0.141. The number of aliphatic hydroxyl groups is 1. The van der Waals surface area contributed by atoms with Gasteiger partial charge in [0.2, 0.25) is 5.95 Å². The maximum Gasteiger partial charge on any atom is 0.469 e. The van der Waals surface area contributed by atoms with E-state index in [0.717, 1.165) is 0 Å². The van der Waals surface area contributed by atoms with Crippen LogP contribution in [0, 0.1) is 0 Å². The lowest BCUT2D eigenvalue weighted by Gasteiger charge is -2.35. The van der Waals surface area contributed by atoms with Crippen molar-refractivity contribution >= 4 is 24.9 Å². The standard InChI is InChI=1S/C12H16N5O8P/c13-11-15-8-5(9(19)16-11)14-4-17(8)10-6-7(18)12(25-10,1-2-23-6)3-24-26(20,21)22/h4,6-7,10,18H,1-3H2,(H2,20,21,22)(H3,13,15,16,19)/t6-,7-,10-,12-/m1/s1. The zero-order valence-electron chi connectivity index (χ0n) is 13.2. The van der Waals surface area contributed by atoms with Gasteiger partial charge in [0.1, 0.15) is 17.8 Å². The summed E-state index contributed by atoms with van der Waals surface area (Å²) in [4.78, 5) is 40.2. The first-order chi connectivity index (χ1) is 12.2. The molecule has 0 unspecified atom stereocenters. The van der Waals surface area contributed by atoms with E-state index < -0.39 is 44.0 Å². The number of anilines is 1. The van der Waals surface area contributed by atoms with Gasteiger partial charge in [-0.2, -0.15) is 4.98 Å². The van der Waals surface area contributed by atoms with Crippen LogP contribution in [-0.4, -0.2) is 65.4 Å². The van der Waals surface area contributed by atoms with Crippen molar-refractivity contribution in [3.05, 3.63) is 16.7 Å². The quantitative estimate of drug-likeness (QED) is 0.371. The van der Waals surface area contributed by atoms with Gasteiger partial charge in [-0.05, 0) is 0 Å². The Bertz CT molecular complexity index is 955. The highest BCUT2D eigenvalue weighted by Crippen LogP contribution is 2.47. The minimum absolute atomic E-state index is 0.0271. The molecule has 0 aromatic carbocycles. The lowest BCUT2D eigenvalue weighted by atomic mass is 9.90. The number of hydrogen-bond acceptors (Lipinski definition) is 9. The molecule has 2 aromatic heterocycles. The summed E-state index contributed by atoms with van der Waals surface area (Å²) >= 11 is 0. The van der Waals surface area contributed by atoms with Crippen molar-refractivity contribution in [2.24, 2.45) is 0 Å². The number of nitrogen functional groups attached to an aromatic ring is 1. The third kappa shape index (κ3) is 2.74. The molecule has 6 N–H and O–H groups in total. The molecule has 2 fully saturated rings. The van der Waals surface area contributed by atoms with Crippen LogP contribution in [-0.2, 0) is 18.6 Å². The molecule has 142 valence electrons. The number of aliphatic hydroxyl groups excluding tert-OH is 1. The molecule has 26 heavy (non-hydrogen) atoms. The Labute approximate surface area is 145 Å². The molecule has 4 rings (SSSR count). The largest absolute Gasteiger partial charge is 0.469 e. The van der Waals surface area contributed by atoms with Gasteiger partial charge in [0.25, 0.3) is 5.56 Å². The van der Waals surface area contributed by atoms with Crippen molar-refractivity contribution in [2.45, 2.75) is 30.5 Å². The zero-order chi connectivity index (χ0) is 18.7. The third-order valence-electron chi connectivity index (χ3n) is 4.52. The Morgan fingerprint density at radius 2 is 2.31 bits per heavy atom. The summed E-state index contributed by atoms with van der Waals surface area (Å²) in [6.45, 7) is -0.344. The van der Waals surface area contributed by atoms with Crippen LogP contribution >= 0.6 is 7.82 Å². The van der Waals surface area contributed by atoms with Crippen LogP contribution in [0.1, 0.15) is 12.6 Å². The van der Waals surface area contributed by atoms with Crippen molar-refractivity contribution in [3.63, 3.8) is 0 Å². The lowest BCUT2D eigenvalue weighted by Crippen LogP contribution is -2.51. The number of nitrogens with zero attached hydrogens (tertiary/aromatic N) is 3. The Morgan fingerprint density at radius 3 is 3.04 bits per heavy atom. The number of nitrogens with two attached hydrogens (primary N) is 1. The summed E-state index contributed by atoms with van der Waals surface area (Å²) in [5, 5.41) is 10.6. The molecule has 0 radical (unpaired) electrons. The van der Waals surface area contributed by atoms with Crippen molar-refractivity contribution in [2.75, 3.05) is 18.9 Å². The van der Waals surface area contributed by atoms with E-state index in [1.54, 1.807) is 0 Å². The number of aromatic nitrogens is 4. The number of imidazole rings is 1. The zero-order valence-corrected chi connectivity index (χ0v) is 14.1. The second kappa shape index (κ2) is 5.82. The van der Waals surface area contributed by atoms with Crippen LogP contribution in [0.4, 0.5) is 5.95 Å². The van der Waals surface area contributed by atoms with E-state index in [-0.39, 0.29) is 30.1 Å². The van der Waals surface area contributed by atoms with Gasteiger partial charge in [0.05, 0.1) is 19.5 Å². The van der Waals surface area contributed by atoms with Crippen LogP contribution in [0.3, 0.4) is 0 Å². The van der Waals surface area contributed by atoms with Crippen LogP contribution < -0.4 is 11.3 Å². The normalized spacial score (nSPS) is 31.6. The Morgan fingerprint density at radius 1 is 1.54 bits per heavy atom. The average Bonchev–Trinajstić information content (AvgIpc) is 3.00. The smallest absolute Gasteiger partial charge is 0.387 e. The first kappa shape index (κ1) is 17.5. The predicted molar refractivity (Wildman–Crippen MR) is 83.8 cm³/mol. The van der Waals surface area contributed by atoms with E-state index in [1.807, 2.05) is 0 Å². The molecule has 0 spiro atoms. The highest BCUT2D eigenvalue weighted by atomic mass is 31.2. The molecule has 2 saturated heterocycles. The molecule has 0 aliphatic carbocycles. The van der Waals surface area contributed by atoms with Crippen LogP contribution in [0.15, 0.2) is 11.1 Å². The molecule has 2 aliphatic heterocycles. The van der Waals surface area contributed by atoms with E-state index in [2.05, 4.69) is 19.5 Å². The van der Waals surface area contributed by atoms with E-state index >= 15 is 0 Å². The molecule has 14 heteroatoms. The van der Waals surface area contributed by atoms with E-state index in [0.29, 0.717) is 0 Å². The van der Waals surface area contributed by atoms with Gasteiger partial charge in [-0.15, -0.1) is 0 Å². The molecular weight excluding hydrogens is 373 g/mol. The first-order valence-corrected chi connectivity index (χ1v) is 9.13. The minimum atomic E-state index is -4.75. The highest BCUT2D eigenvalue weighted by molar-refractivity contribution is 7.46. The maximum atomic E-state index is 11.9. The second-order valence-corrected chi connectivity index (χ2v) is 7.38. The van der Waals surface area contributed by atoms with E-state index in [4.69, 9.17) is 25.0 Å². The molecule has 0 saturated carbocycles. The van der Waals surface area contributed by atoms with Gasteiger partial charge < -0.3 is 30.1 Å². The topological polar surface area (TPSA) is 195 Å². The summed E-state index contributed by atoms with van der Waals surface area (Å²) < 4.78 is 28.5. The molecule has 2 aromatic rings. The molecular formula is C12H16N5O8P. The number of aromatic amines is 1. The number of phosphoric acid groups is 1. The molecule has 4 atom stereocenters. The van der Waals surface area contributed by atoms with Gasteiger partial charge in [0.15, 0.2) is 17.4 Å². The van der Waals surface area contributed by atoms with Crippen LogP contribution in [0.5, 0.6) is 0 Å². The fraction of sp³-hybridized carbons (Fsp3) is 0.583. The van der Waals surface area contributed by atoms with E-state index in [9.17, 15) is 14.5 Å². The number of hydrogen-bond donors (Lipinski definition) is 5. The van der Waals surface area contributed by atoms with Crippen molar-refractivity contribution < 1.29 is 33.5 Å². The van der Waals surface area contributed by atoms with Gasteiger partial charge in [-0.3, -0.25) is 18.9 Å². The van der Waals surface area contributed by atoms with Crippen LogP contribution in [0.2, 0.25) is 0 Å². The molecule has 2 bridgehead atoms. The summed E-state index contributed by atoms with van der Waals surface area (Å²) in [5.74, 6) is -0.119. The van der Waals surface area contributed by atoms with Gasteiger partial charge >= 0.3 is 7.82 Å². The van der Waals surface area contributed by atoms with Crippen LogP contribution in [0.25, 0.3) is 11.2 Å². The highest BCUT2D eigenvalue weighted by Gasteiger charge is 2.59. The Balaban J connectivity index is 1.73. The number of rotatable bonds is 4. The Hall–Kier alpha value is -1.86. The molecule has 4 heterocycles. The van der Waals surface area contributed by atoms with Gasteiger partial charge in [-0.25, -0.2) is 9.55 Å². The van der Waals surface area contributed by atoms with Crippen molar-refractivity contribution in [1.82, 2.24) is 19.5 Å². The molecule has 0 amide bonds. The maximum absolute atomic E-state index is 11.9. The number of ether oxygens (including phenoxy) is 2. The van der Waals surface area contributed by atoms with Gasteiger partial charge in [-0.1, -0.05) is 0 Å². The third-order valence-corrected chi connectivity index (χ3v) is 4.99. The SMILES string of the molecule is Nc1nc2c(ncn2[C@@H]2O[C@@]3(COP(=O)(O)O)CCO[C@@H]2[C@H]3O)c(=O)[nH]1. The van der Waals surface area contributed by atoms with E-state index in [1.165, 1.54) is 10.9 Å². The number of nitrogens with one attached hydrogen (secondary N) is 1. The Kier molecular flexibility index (Phi) is 3.93. The summed E-state index contributed by atoms with van der Waals surface area (Å²) in [6.07, 6.45) is -1.57. The number of phosphoric ester groups is 1. The first-order valence-electron chi connectivity index (χ1n) is 7.60. The summed E-state index contributed by atoms with van der Waals surface area (Å²) in [7, 11) is -4.75. The molecule has 2 aliphatic rings. The summed E-state index contributed by atoms with van der Waals surface area (Å²) in [5.41, 5.74) is 3.82. The monoisotopic (exact) mass is 389 g/mol. The second-order valence-electron chi connectivity index (χ2n) is 6.14. The molecule has 13 nitrogen and oxygen atoms in total.